The second-order valence-corrected chi connectivity index (χ2v) is 11.3. The Labute approximate surface area is 245 Å². The van der Waals surface area contributed by atoms with Gasteiger partial charge in [0.1, 0.15) is 11.5 Å². The maximum atomic E-state index is 6.47. The number of rotatable bonds is 3. The van der Waals surface area contributed by atoms with E-state index in [9.17, 15) is 0 Å². The summed E-state index contributed by atoms with van der Waals surface area (Å²) in [5, 5.41) is 2.39. The third-order valence-electron chi connectivity index (χ3n) is 9.17. The van der Waals surface area contributed by atoms with Crippen LogP contribution in [0.15, 0.2) is 158 Å². The predicted octanol–water partition coefficient (Wildman–Crippen LogP) is 10.6. The van der Waals surface area contributed by atoms with Gasteiger partial charge in [-0.3, -0.25) is 0 Å². The molecule has 2 aliphatic rings. The predicted molar refractivity (Wildman–Crippen MR) is 172 cm³/mol. The van der Waals surface area contributed by atoms with E-state index in [1.54, 1.807) is 0 Å². The van der Waals surface area contributed by atoms with Crippen LogP contribution in [-0.2, 0) is 5.41 Å². The molecule has 1 heterocycles. The molecule has 0 fully saturated rings. The fourth-order valence-electron chi connectivity index (χ4n) is 7.37. The van der Waals surface area contributed by atoms with Gasteiger partial charge in [0.15, 0.2) is 0 Å². The minimum Gasteiger partial charge on any atom is -0.456 e. The van der Waals surface area contributed by atoms with E-state index in [0.717, 1.165) is 22.6 Å². The molecule has 42 heavy (non-hydrogen) atoms. The number of fused-ring (bicyclic) bond motifs is 5. The minimum atomic E-state index is -0.381. The highest BCUT2D eigenvalue weighted by Crippen LogP contribution is 2.56. The summed E-state index contributed by atoms with van der Waals surface area (Å²) in [5.41, 5.74) is 12.1. The quantitative estimate of drug-likeness (QED) is 0.219. The lowest BCUT2D eigenvalue weighted by Crippen LogP contribution is -2.28. The monoisotopic (exact) mass is 534 g/mol. The van der Waals surface area contributed by atoms with Gasteiger partial charge in [0.2, 0.25) is 0 Å². The molecule has 9 rings (SSSR count). The zero-order valence-electron chi connectivity index (χ0n) is 22.9. The van der Waals surface area contributed by atoms with Crippen molar-refractivity contribution in [3.63, 3.8) is 0 Å². The van der Waals surface area contributed by atoms with Crippen molar-refractivity contribution in [3.05, 3.63) is 180 Å². The first-order valence-corrected chi connectivity index (χ1v) is 14.5. The van der Waals surface area contributed by atoms with Gasteiger partial charge in [-0.1, -0.05) is 140 Å². The summed E-state index contributed by atoms with van der Waals surface area (Å²) in [4.78, 5) is 0. The molecule has 196 valence electrons. The Morgan fingerprint density at radius 2 is 0.976 bits per heavy atom. The number of hydrogen-bond donors (Lipinski definition) is 0. The highest BCUT2D eigenvalue weighted by atomic mass is 16.5. The Morgan fingerprint density at radius 1 is 0.381 bits per heavy atom. The van der Waals surface area contributed by atoms with Crippen LogP contribution in [0.5, 0.6) is 11.5 Å². The molecule has 0 amide bonds. The SMILES string of the molecule is c1ccc(C2(c3ccc(-c4ccc5c(c4)Oc4cccc6cccc-5c46)cc3)c3ccccc3-c3ccccc32)cc1. The zero-order valence-corrected chi connectivity index (χ0v) is 22.9. The normalized spacial score (nSPS) is 13.6. The number of ether oxygens (including phenoxy) is 1. The molecule has 7 aromatic rings. The second kappa shape index (κ2) is 8.80. The molecule has 1 heteroatoms. The van der Waals surface area contributed by atoms with Gasteiger partial charge in [0, 0.05) is 10.9 Å². The topological polar surface area (TPSA) is 9.23 Å². The molecule has 0 spiro atoms. The molecular formula is C41H26O. The van der Waals surface area contributed by atoms with Gasteiger partial charge in [-0.05, 0) is 73.7 Å². The average molecular weight is 535 g/mol. The van der Waals surface area contributed by atoms with Crippen LogP contribution in [0.2, 0.25) is 0 Å². The van der Waals surface area contributed by atoms with Gasteiger partial charge in [-0.25, -0.2) is 0 Å². The van der Waals surface area contributed by atoms with E-state index in [1.807, 2.05) is 0 Å². The molecule has 7 aromatic carbocycles. The zero-order chi connectivity index (χ0) is 27.7. The maximum Gasteiger partial charge on any atom is 0.135 e. The van der Waals surface area contributed by atoms with E-state index in [2.05, 4.69) is 158 Å². The first-order valence-electron chi connectivity index (χ1n) is 14.5. The smallest absolute Gasteiger partial charge is 0.135 e. The van der Waals surface area contributed by atoms with Crippen LogP contribution in [0.3, 0.4) is 0 Å². The molecular weight excluding hydrogens is 508 g/mol. The van der Waals surface area contributed by atoms with Crippen molar-refractivity contribution < 1.29 is 4.74 Å². The molecule has 1 aliphatic carbocycles. The van der Waals surface area contributed by atoms with Crippen LogP contribution < -0.4 is 4.74 Å². The van der Waals surface area contributed by atoms with Crippen LogP contribution in [-0.4, -0.2) is 0 Å². The summed E-state index contributed by atoms with van der Waals surface area (Å²) >= 11 is 0. The van der Waals surface area contributed by atoms with Crippen molar-refractivity contribution in [2.24, 2.45) is 0 Å². The molecule has 0 aromatic heterocycles. The third kappa shape index (κ3) is 3.14. The lowest BCUT2D eigenvalue weighted by atomic mass is 9.67. The number of benzene rings is 7. The summed E-state index contributed by atoms with van der Waals surface area (Å²) in [5.74, 6) is 1.83. The lowest BCUT2D eigenvalue weighted by Gasteiger charge is -2.34. The van der Waals surface area contributed by atoms with Crippen molar-refractivity contribution in [1.29, 1.82) is 0 Å². The van der Waals surface area contributed by atoms with E-state index in [0.29, 0.717) is 0 Å². The van der Waals surface area contributed by atoms with Crippen LogP contribution >= 0.6 is 0 Å². The van der Waals surface area contributed by atoms with E-state index >= 15 is 0 Å². The van der Waals surface area contributed by atoms with Gasteiger partial charge in [-0.2, -0.15) is 0 Å². The highest BCUT2D eigenvalue weighted by molar-refractivity contribution is 6.04. The molecule has 0 saturated heterocycles. The molecule has 0 radical (unpaired) electrons. The Hall–Kier alpha value is -5.40. The van der Waals surface area contributed by atoms with Gasteiger partial charge in [0.25, 0.3) is 0 Å². The molecule has 0 bridgehead atoms. The van der Waals surface area contributed by atoms with Crippen LogP contribution in [0.25, 0.3) is 44.2 Å². The molecule has 1 aliphatic heterocycles. The highest BCUT2D eigenvalue weighted by Gasteiger charge is 2.45. The summed E-state index contributed by atoms with van der Waals surface area (Å²) in [6.45, 7) is 0. The Balaban J connectivity index is 1.19. The largest absolute Gasteiger partial charge is 0.456 e. The van der Waals surface area contributed by atoms with Crippen LogP contribution in [0.4, 0.5) is 0 Å². The Morgan fingerprint density at radius 3 is 1.71 bits per heavy atom. The Bertz CT molecular complexity index is 2100. The standard InChI is InChI=1S/C41H26O/c1-2-12-30(13-3-1)41(36-17-6-4-14-32(36)33-15-5-7-18-37(33)41)31-23-20-27(21-24-31)29-22-25-34-35-16-8-10-28-11-9-19-38(40(28)35)42-39(34)26-29/h1-26H. The van der Waals surface area contributed by atoms with Crippen LogP contribution in [0.1, 0.15) is 22.3 Å². The summed E-state index contributed by atoms with van der Waals surface area (Å²) in [7, 11) is 0. The molecule has 0 saturated carbocycles. The van der Waals surface area contributed by atoms with E-state index in [1.165, 1.54) is 55.3 Å². The first-order chi connectivity index (χ1) is 20.8. The van der Waals surface area contributed by atoms with Crippen molar-refractivity contribution in [3.8, 4) is 44.9 Å². The number of hydrogen-bond acceptors (Lipinski definition) is 1. The average Bonchev–Trinajstić information content (AvgIpc) is 3.36. The fraction of sp³-hybridized carbons (Fsp3) is 0.0244. The summed E-state index contributed by atoms with van der Waals surface area (Å²) in [6, 6.07) is 57.2. The molecule has 0 atom stereocenters. The van der Waals surface area contributed by atoms with Gasteiger partial charge >= 0.3 is 0 Å². The van der Waals surface area contributed by atoms with E-state index < -0.39 is 0 Å². The third-order valence-corrected chi connectivity index (χ3v) is 9.17. The van der Waals surface area contributed by atoms with Gasteiger partial charge in [0.05, 0.1) is 5.41 Å². The van der Waals surface area contributed by atoms with Crippen molar-refractivity contribution >= 4 is 10.8 Å². The summed E-state index contributed by atoms with van der Waals surface area (Å²) < 4.78 is 6.47. The van der Waals surface area contributed by atoms with Gasteiger partial charge in [-0.15, -0.1) is 0 Å². The maximum absolute atomic E-state index is 6.47. The summed E-state index contributed by atoms with van der Waals surface area (Å²) in [6.07, 6.45) is 0. The van der Waals surface area contributed by atoms with Crippen molar-refractivity contribution in [1.82, 2.24) is 0 Å². The molecule has 0 N–H and O–H groups in total. The first kappa shape index (κ1) is 23.3. The Kier molecular flexibility index (Phi) is 4.88. The lowest BCUT2D eigenvalue weighted by molar-refractivity contribution is 0.487. The second-order valence-electron chi connectivity index (χ2n) is 11.3. The van der Waals surface area contributed by atoms with Gasteiger partial charge < -0.3 is 4.74 Å². The fourth-order valence-corrected chi connectivity index (χ4v) is 7.37. The van der Waals surface area contributed by atoms with E-state index in [-0.39, 0.29) is 5.41 Å². The molecule has 1 nitrogen and oxygen atoms in total. The van der Waals surface area contributed by atoms with E-state index in [4.69, 9.17) is 4.74 Å². The minimum absolute atomic E-state index is 0.381. The van der Waals surface area contributed by atoms with Crippen molar-refractivity contribution in [2.75, 3.05) is 0 Å². The van der Waals surface area contributed by atoms with Crippen LogP contribution in [0, 0.1) is 0 Å². The van der Waals surface area contributed by atoms with Crippen molar-refractivity contribution in [2.45, 2.75) is 5.41 Å². The molecule has 0 unspecified atom stereocenters.